The van der Waals surface area contributed by atoms with Crippen LogP contribution in [-0.2, 0) is 17.8 Å². The zero-order chi connectivity index (χ0) is 19.5. The highest BCUT2D eigenvalue weighted by molar-refractivity contribution is 8.14. The van der Waals surface area contributed by atoms with Crippen LogP contribution in [0.4, 0.5) is 5.95 Å². The molecule has 0 radical (unpaired) electrons. The Morgan fingerprint density at radius 1 is 1.25 bits per heavy atom. The number of anilines is 1. The predicted octanol–water partition coefficient (Wildman–Crippen LogP) is 4.13. The quantitative estimate of drug-likeness (QED) is 0.723. The highest BCUT2D eigenvalue weighted by Gasteiger charge is 2.45. The predicted molar refractivity (Wildman–Crippen MR) is 117 cm³/mol. The van der Waals surface area contributed by atoms with E-state index in [2.05, 4.69) is 57.9 Å². The van der Waals surface area contributed by atoms with Gasteiger partial charge in [-0.1, -0.05) is 44.3 Å². The van der Waals surface area contributed by atoms with Crippen molar-refractivity contribution in [1.82, 2.24) is 20.2 Å². The van der Waals surface area contributed by atoms with Crippen molar-refractivity contribution < 1.29 is 4.74 Å². The lowest BCUT2D eigenvalue weighted by Gasteiger charge is -2.35. The van der Waals surface area contributed by atoms with Crippen molar-refractivity contribution >= 4 is 46.0 Å². The number of aromatic nitrogens is 3. The summed E-state index contributed by atoms with van der Waals surface area (Å²) in [5.74, 6) is 2.78. The van der Waals surface area contributed by atoms with Gasteiger partial charge in [0.2, 0.25) is 5.95 Å². The summed E-state index contributed by atoms with van der Waals surface area (Å²) in [7, 11) is 0. The zero-order valence-corrected chi connectivity index (χ0v) is 18.9. The van der Waals surface area contributed by atoms with E-state index in [1.807, 2.05) is 11.3 Å². The fraction of sp³-hybridized carbons (Fsp3) is 0.611. The first kappa shape index (κ1) is 18.8. The number of hydrogen-bond acceptors (Lipinski definition) is 9. The molecule has 1 N–H and O–H groups in total. The van der Waals surface area contributed by atoms with E-state index in [1.165, 1.54) is 21.0 Å². The molecule has 5 rings (SSSR count). The van der Waals surface area contributed by atoms with Crippen molar-refractivity contribution in [3.63, 3.8) is 0 Å². The number of thioether (sulfide) groups is 2. The minimum Gasteiger partial charge on any atom is -0.369 e. The molecular weight excluding hydrogens is 412 g/mol. The van der Waals surface area contributed by atoms with Crippen molar-refractivity contribution in [2.75, 3.05) is 16.4 Å². The van der Waals surface area contributed by atoms with Crippen LogP contribution in [0.5, 0.6) is 0 Å². The van der Waals surface area contributed by atoms with Crippen LogP contribution in [0.1, 0.15) is 56.3 Å². The van der Waals surface area contributed by atoms with Gasteiger partial charge in [0.25, 0.3) is 0 Å². The molecular formula is C18H24N6OS3. The number of ether oxygens (including phenoxy) is 1. The van der Waals surface area contributed by atoms with E-state index >= 15 is 0 Å². The van der Waals surface area contributed by atoms with Crippen LogP contribution >= 0.6 is 34.9 Å². The van der Waals surface area contributed by atoms with Gasteiger partial charge in [0.05, 0.1) is 12.2 Å². The fourth-order valence-electron chi connectivity index (χ4n) is 3.95. The van der Waals surface area contributed by atoms with Gasteiger partial charge in [-0.2, -0.15) is 5.10 Å². The average Bonchev–Trinajstić information content (AvgIpc) is 3.37. The Bertz CT molecular complexity index is 954. The van der Waals surface area contributed by atoms with Gasteiger partial charge in [-0.25, -0.2) is 4.57 Å². The normalized spacial score (nSPS) is 24.9. The summed E-state index contributed by atoms with van der Waals surface area (Å²) in [4.78, 5) is 3.54. The maximum absolute atomic E-state index is 6.23. The summed E-state index contributed by atoms with van der Waals surface area (Å²) < 4.78 is 8.46. The van der Waals surface area contributed by atoms with Gasteiger partial charge in [-0.15, -0.1) is 21.5 Å². The molecule has 150 valence electrons. The molecule has 0 saturated carbocycles. The standard InChI is InChI=1S/C18H24N6OS3/c1-5-18(4)8-10-11(9-25-18)28-14-12(10)13-19-21-16(26-6-2)23(13)15-20-22-17(24(14)15)27-7-3/h13,19H,5-9H2,1-4H3/t13?,18-/m0/s1. The maximum atomic E-state index is 6.23. The van der Waals surface area contributed by atoms with Gasteiger partial charge in [0.15, 0.2) is 16.5 Å². The Labute approximate surface area is 177 Å². The monoisotopic (exact) mass is 436 g/mol. The van der Waals surface area contributed by atoms with Crippen molar-refractivity contribution in [3.8, 4) is 5.00 Å². The third kappa shape index (κ3) is 2.64. The van der Waals surface area contributed by atoms with Crippen LogP contribution in [0.2, 0.25) is 0 Å². The summed E-state index contributed by atoms with van der Waals surface area (Å²) in [6.07, 6.45) is 1.92. The first-order chi connectivity index (χ1) is 13.6. The van der Waals surface area contributed by atoms with Crippen molar-refractivity contribution in [3.05, 3.63) is 16.0 Å². The van der Waals surface area contributed by atoms with Crippen LogP contribution in [0.3, 0.4) is 0 Å². The van der Waals surface area contributed by atoms with Crippen LogP contribution in [0.25, 0.3) is 5.00 Å². The van der Waals surface area contributed by atoms with Crippen LogP contribution < -0.4 is 10.3 Å². The lowest BCUT2D eigenvalue weighted by atomic mass is 9.88. The van der Waals surface area contributed by atoms with E-state index in [4.69, 9.17) is 4.74 Å². The molecule has 5 heterocycles. The van der Waals surface area contributed by atoms with E-state index in [0.29, 0.717) is 6.61 Å². The number of fused-ring (bicyclic) bond motifs is 8. The highest BCUT2D eigenvalue weighted by Crippen LogP contribution is 2.50. The lowest BCUT2D eigenvalue weighted by molar-refractivity contribution is -0.0549. The van der Waals surface area contributed by atoms with Gasteiger partial charge in [0.1, 0.15) is 5.00 Å². The average molecular weight is 437 g/mol. The zero-order valence-electron chi connectivity index (χ0n) is 16.5. The number of rotatable bonds is 4. The molecule has 10 heteroatoms. The first-order valence-electron chi connectivity index (χ1n) is 9.72. The molecule has 0 saturated heterocycles. The highest BCUT2D eigenvalue weighted by atomic mass is 32.2. The van der Waals surface area contributed by atoms with Crippen LogP contribution in [0, 0.1) is 0 Å². The SMILES string of the molecule is CCSC1=NNC2c3c(sc4c3C[C@](C)(CC)OC4)-n3c(SCC)nnc3N12. The second-order valence-electron chi connectivity index (χ2n) is 7.27. The fourth-order valence-corrected chi connectivity index (χ4v) is 6.62. The molecule has 1 unspecified atom stereocenters. The third-order valence-corrected chi connectivity index (χ3v) is 8.42. The van der Waals surface area contributed by atoms with Crippen molar-refractivity contribution in [2.45, 2.75) is 64.1 Å². The molecule has 0 aliphatic carbocycles. The van der Waals surface area contributed by atoms with E-state index in [0.717, 1.165) is 40.6 Å². The molecule has 2 aromatic rings. The van der Waals surface area contributed by atoms with E-state index in [9.17, 15) is 0 Å². The molecule has 0 bridgehead atoms. The van der Waals surface area contributed by atoms with Gasteiger partial charge in [-0.05, 0) is 30.4 Å². The molecule has 3 aliphatic rings. The summed E-state index contributed by atoms with van der Waals surface area (Å²) in [5, 5.41) is 16.8. The molecule has 28 heavy (non-hydrogen) atoms. The van der Waals surface area contributed by atoms with Crippen LogP contribution in [-0.4, -0.2) is 37.0 Å². The topological polar surface area (TPSA) is 67.6 Å². The minimum absolute atomic E-state index is 0.0144. The van der Waals surface area contributed by atoms with E-state index in [1.54, 1.807) is 23.5 Å². The molecule has 0 aromatic carbocycles. The van der Waals surface area contributed by atoms with Crippen molar-refractivity contribution in [2.24, 2.45) is 5.10 Å². The summed E-state index contributed by atoms with van der Waals surface area (Å²) in [6.45, 7) is 9.40. The van der Waals surface area contributed by atoms with E-state index < -0.39 is 0 Å². The molecule has 2 atom stereocenters. The number of hydrogen-bond donors (Lipinski definition) is 1. The lowest BCUT2D eigenvalue weighted by Crippen LogP contribution is -2.40. The molecule has 0 amide bonds. The molecule has 7 nitrogen and oxygen atoms in total. The Morgan fingerprint density at radius 3 is 2.82 bits per heavy atom. The number of nitrogens with one attached hydrogen (secondary N) is 1. The molecule has 0 spiro atoms. The number of hydrazone groups is 1. The third-order valence-electron chi connectivity index (χ3n) is 5.56. The van der Waals surface area contributed by atoms with E-state index in [-0.39, 0.29) is 11.8 Å². The smallest absolute Gasteiger partial charge is 0.241 e. The largest absolute Gasteiger partial charge is 0.369 e. The first-order valence-corrected chi connectivity index (χ1v) is 12.5. The van der Waals surface area contributed by atoms with Gasteiger partial charge < -0.3 is 4.74 Å². The maximum Gasteiger partial charge on any atom is 0.241 e. The van der Waals surface area contributed by atoms with Gasteiger partial charge in [-0.3, -0.25) is 10.3 Å². The van der Waals surface area contributed by atoms with Gasteiger partial charge in [0, 0.05) is 16.9 Å². The number of nitrogens with zero attached hydrogens (tertiary/aromatic N) is 5. The number of amidine groups is 1. The summed E-state index contributed by atoms with van der Waals surface area (Å²) in [6, 6.07) is 0. The molecule has 2 aromatic heterocycles. The summed E-state index contributed by atoms with van der Waals surface area (Å²) in [5.41, 5.74) is 6.02. The van der Waals surface area contributed by atoms with Crippen LogP contribution in [0.15, 0.2) is 10.3 Å². The second kappa shape index (κ2) is 6.93. The van der Waals surface area contributed by atoms with Crippen molar-refractivity contribution in [1.29, 1.82) is 0 Å². The Kier molecular flexibility index (Phi) is 4.65. The second-order valence-corrected chi connectivity index (χ2v) is 10.8. The Balaban J connectivity index is 1.70. The minimum atomic E-state index is -0.110. The Morgan fingerprint density at radius 2 is 2.07 bits per heavy atom. The number of thiophene rings is 1. The molecule has 0 fully saturated rings. The Hall–Kier alpha value is -1.23. The summed E-state index contributed by atoms with van der Waals surface area (Å²) >= 11 is 5.28. The molecule has 3 aliphatic heterocycles. The van der Waals surface area contributed by atoms with Gasteiger partial charge >= 0.3 is 0 Å².